The molecule has 1 heterocycles. The number of carbonyl (C=O) groups is 2. The van der Waals surface area contributed by atoms with Gasteiger partial charge in [-0.25, -0.2) is 4.79 Å². The predicted octanol–water partition coefficient (Wildman–Crippen LogP) is 5.99. The number of hydrogen-bond acceptors (Lipinski definition) is 5. The van der Waals surface area contributed by atoms with Crippen LogP contribution in [0.15, 0.2) is 34.7 Å². The van der Waals surface area contributed by atoms with Crippen LogP contribution in [-0.4, -0.2) is 30.1 Å². The van der Waals surface area contributed by atoms with E-state index in [9.17, 15) is 14.7 Å². The number of hydrogen-bond donors (Lipinski definition) is 1. The highest BCUT2D eigenvalue weighted by molar-refractivity contribution is 6.12. The van der Waals surface area contributed by atoms with E-state index in [0.29, 0.717) is 28.3 Å². The van der Waals surface area contributed by atoms with Gasteiger partial charge in [0.2, 0.25) is 5.91 Å². The summed E-state index contributed by atoms with van der Waals surface area (Å²) in [4.78, 5) is 28.2. The summed E-state index contributed by atoms with van der Waals surface area (Å²) in [5.41, 5.74) is 2.83. The Morgan fingerprint density at radius 3 is 2.30 bits per heavy atom. The molecule has 1 N–H and O–H groups in total. The average Bonchev–Trinajstić information content (AvgIpc) is 3.15. The Bertz CT molecular complexity index is 1180. The number of carbonyl (C=O) groups excluding carboxylic acids is 2. The van der Waals surface area contributed by atoms with Crippen LogP contribution < -0.4 is 4.90 Å². The highest BCUT2D eigenvalue weighted by atomic mass is 16.5. The van der Waals surface area contributed by atoms with Gasteiger partial charge in [-0.1, -0.05) is 13.0 Å². The summed E-state index contributed by atoms with van der Waals surface area (Å²) >= 11 is 0. The van der Waals surface area contributed by atoms with Gasteiger partial charge in [0.05, 0.1) is 24.5 Å². The molecule has 1 aliphatic carbocycles. The van der Waals surface area contributed by atoms with E-state index in [0.717, 1.165) is 42.0 Å². The van der Waals surface area contributed by atoms with E-state index in [-0.39, 0.29) is 17.9 Å². The molecule has 1 atom stereocenters. The van der Waals surface area contributed by atoms with E-state index in [1.807, 2.05) is 38.1 Å². The topological polar surface area (TPSA) is 80.0 Å². The molecular weight excluding hydrogens is 418 g/mol. The lowest BCUT2D eigenvalue weighted by atomic mass is 9.82. The molecule has 6 nitrogen and oxygen atoms in total. The van der Waals surface area contributed by atoms with Gasteiger partial charge in [-0.3, -0.25) is 4.79 Å². The van der Waals surface area contributed by atoms with Crippen LogP contribution in [0.5, 0.6) is 0 Å². The fraction of sp³-hybridized carbons (Fsp3) is 0.481. The number of rotatable bonds is 5. The zero-order valence-corrected chi connectivity index (χ0v) is 20.1. The summed E-state index contributed by atoms with van der Waals surface area (Å²) in [5, 5.41) is 11.7. The van der Waals surface area contributed by atoms with Gasteiger partial charge in [-0.15, -0.1) is 0 Å². The number of furan rings is 1. The summed E-state index contributed by atoms with van der Waals surface area (Å²) in [5.74, 6) is 0.142. The molecule has 1 unspecified atom stereocenters. The van der Waals surface area contributed by atoms with Crippen molar-refractivity contribution in [3.8, 4) is 0 Å². The number of aliphatic hydroxyl groups is 1. The van der Waals surface area contributed by atoms with Crippen molar-refractivity contribution in [1.29, 1.82) is 0 Å². The van der Waals surface area contributed by atoms with Gasteiger partial charge >= 0.3 is 5.97 Å². The Hall–Kier alpha value is -2.86. The number of ether oxygens (including phenoxy) is 1. The molecule has 6 heteroatoms. The summed E-state index contributed by atoms with van der Waals surface area (Å²) in [7, 11) is 1.34. The number of anilines is 1. The third kappa shape index (κ3) is 4.36. The molecule has 3 aromatic rings. The number of nitrogens with zero attached hydrogens (tertiary/aromatic N) is 1. The predicted molar refractivity (Wildman–Crippen MR) is 129 cm³/mol. The van der Waals surface area contributed by atoms with Gasteiger partial charge < -0.3 is 19.2 Å². The molecule has 0 saturated heterocycles. The number of esters is 1. The molecule has 1 amide bonds. The summed E-state index contributed by atoms with van der Waals surface area (Å²) in [6.45, 7) is 7.88. The molecule has 0 radical (unpaired) electrons. The van der Waals surface area contributed by atoms with Crippen LogP contribution >= 0.6 is 0 Å². The number of benzene rings is 2. The number of methoxy groups -OCH3 is 1. The second-order valence-electron chi connectivity index (χ2n) is 9.65. The molecule has 1 aliphatic rings. The molecule has 1 fully saturated rings. The largest absolute Gasteiger partial charge is 0.465 e. The molecule has 176 valence electrons. The highest BCUT2D eigenvalue weighted by Gasteiger charge is 2.33. The molecule has 1 saturated carbocycles. The Labute approximate surface area is 194 Å². The maximum absolute atomic E-state index is 13.7. The molecule has 0 spiro atoms. The van der Waals surface area contributed by atoms with Crippen LogP contribution in [0.1, 0.15) is 75.4 Å². The fourth-order valence-corrected chi connectivity index (χ4v) is 4.92. The van der Waals surface area contributed by atoms with Crippen LogP contribution in [0.25, 0.3) is 21.9 Å². The normalized spacial score (nSPS) is 19.7. The summed E-state index contributed by atoms with van der Waals surface area (Å²) in [6.07, 6.45) is 3.20. The minimum absolute atomic E-state index is 0.0484. The molecular formula is C27H33NO5. The van der Waals surface area contributed by atoms with Crippen LogP contribution in [0.3, 0.4) is 0 Å². The molecule has 4 rings (SSSR count). The van der Waals surface area contributed by atoms with Crippen LogP contribution in [0.4, 0.5) is 5.69 Å². The minimum Gasteiger partial charge on any atom is -0.465 e. The third-order valence-electron chi connectivity index (χ3n) is 6.88. The molecule has 2 aromatic carbocycles. The van der Waals surface area contributed by atoms with Gasteiger partial charge in [0, 0.05) is 22.7 Å². The molecule has 0 bridgehead atoms. The van der Waals surface area contributed by atoms with Crippen molar-refractivity contribution in [3.63, 3.8) is 0 Å². The molecule has 1 aromatic heterocycles. The van der Waals surface area contributed by atoms with Gasteiger partial charge in [-0.05, 0) is 82.2 Å². The van der Waals surface area contributed by atoms with Crippen molar-refractivity contribution in [2.75, 3.05) is 12.0 Å². The lowest BCUT2D eigenvalue weighted by Gasteiger charge is -2.34. The van der Waals surface area contributed by atoms with Crippen molar-refractivity contribution < 1.29 is 23.8 Å². The van der Waals surface area contributed by atoms with E-state index in [1.54, 1.807) is 17.9 Å². The van der Waals surface area contributed by atoms with Crippen molar-refractivity contribution in [2.45, 2.75) is 65.5 Å². The first kappa shape index (κ1) is 23.3. The zero-order valence-electron chi connectivity index (χ0n) is 20.1. The minimum atomic E-state index is -0.615. The Morgan fingerprint density at radius 1 is 1.03 bits per heavy atom. The fourth-order valence-electron chi connectivity index (χ4n) is 4.92. The first-order valence-electron chi connectivity index (χ1n) is 11.8. The summed E-state index contributed by atoms with van der Waals surface area (Å²) < 4.78 is 11.1. The second-order valence-corrected chi connectivity index (χ2v) is 9.65. The lowest BCUT2D eigenvalue weighted by molar-refractivity contribution is -0.123. The summed E-state index contributed by atoms with van der Waals surface area (Å²) in [6, 6.07) is 8.95. The van der Waals surface area contributed by atoms with Crippen LogP contribution in [0, 0.1) is 11.8 Å². The SMILES string of the molecule is COC(=O)c1cc2oc3ccc(C(C)O)cc3c2cc1N(C(=O)C1CCC(C)CC1)C(C)C. The van der Waals surface area contributed by atoms with Gasteiger partial charge in [0.25, 0.3) is 0 Å². The second kappa shape index (κ2) is 9.18. The first-order chi connectivity index (χ1) is 15.7. The smallest absolute Gasteiger partial charge is 0.340 e. The third-order valence-corrected chi connectivity index (χ3v) is 6.88. The highest BCUT2D eigenvalue weighted by Crippen LogP contribution is 2.38. The van der Waals surface area contributed by atoms with Gasteiger partial charge in [0.15, 0.2) is 0 Å². The van der Waals surface area contributed by atoms with Crippen molar-refractivity contribution in [2.24, 2.45) is 11.8 Å². The van der Waals surface area contributed by atoms with Crippen molar-refractivity contribution in [3.05, 3.63) is 41.5 Å². The van der Waals surface area contributed by atoms with E-state index < -0.39 is 12.1 Å². The lowest BCUT2D eigenvalue weighted by Crippen LogP contribution is -2.43. The van der Waals surface area contributed by atoms with Crippen molar-refractivity contribution >= 4 is 39.5 Å². The Morgan fingerprint density at radius 2 is 1.70 bits per heavy atom. The number of aliphatic hydroxyl groups excluding tert-OH is 1. The van der Waals surface area contributed by atoms with E-state index in [4.69, 9.17) is 9.15 Å². The maximum atomic E-state index is 13.7. The first-order valence-corrected chi connectivity index (χ1v) is 11.8. The van der Waals surface area contributed by atoms with Crippen LogP contribution in [-0.2, 0) is 9.53 Å². The van der Waals surface area contributed by atoms with E-state index in [2.05, 4.69) is 6.92 Å². The standard InChI is InChI=1S/C27H33NO5/c1-15(2)28(26(30)18-8-6-16(3)7-9-18)23-13-21-20-12-19(17(4)29)10-11-24(20)33-25(21)14-22(23)27(31)32-5/h10-18,29H,6-9H2,1-5H3. The number of amides is 1. The number of fused-ring (bicyclic) bond motifs is 3. The quantitative estimate of drug-likeness (QED) is 0.482. The average molecular weight is 452 g/mol. The van der Waals surface area contributed by atoms with E-state index in [1.165, 1.54) is 7.11 Å². The van der Waals surface area contributed by atoms with Gasteiger partial charge in [0.1, 0.15) is 11.2 Å². The van der Waals surface area contributed by atoms with Crippen LogP contribution in [0.2, 0.25) is 0 Å². The Kier molecular flexibility index (Phi) is 6.48. The maximum Gasteiger partial charge on any atom is 0.340 e. The van der Waals surface area contributed by atoms with Gasteiger partial charge in [-0.2, -0.15) is 0 Å². The van der Waals surface area contributed by atoms with E-state index >= 15 is 0 Å². The van der Waals surface area contributed by atoms with Crippen molar-refractivity contribution in [1.82, 2.24) is 0 Å². The molecule has 33 heavy (non-hydrogen) atoms. The monoisotopic (exact) mass is 451 g/mol. The zero-order chi connectivity index (χ0) is 23.9. The Balaban J connectivity index is 1.89. The molecule has 0 aliphatic heterocycles.